The summed E-state index contributed by atoms with van der Waals surface area (Å²) in [4.78, 5) is 13.2. The van der Waals surface area contributed by atoms with Crippen LogP contribution in [0.2, 0.25) is 0 Å². The number of nitrogens with zero attached hydrogens (tertiary/aromatic N) is 1. The van der Waals surface area contributed by atoms with Crippen LogP contribution in [-0.2, 0) is 4.79 Å². The Hall–Kier alpha value is -0.570. The van der Waals surface area contributed by atoms with Crippen LogP contribution in [0.4, 0.5) is 0 Å². The third kappa shape index (κ3) is 2.71. The van der Waals surface area contributed by atoms with E-state index in [1.165, 1.54) is 38.6 Å². The summed E-state index contributed by atoms with van der Waals surface area (Å²) in [5.41, 5.74) is 0. The van der Waals surface area contributed by atoms with Crippen molar-refractivity contribution in [2.45, 2.75) is 45.1 Å². The van der Waals surface area contributed by atoms with Crippen molar-refractivity contribution in [3.8, 4) is 0 Å². The van der Waals surface area contributed by atoms with E-state index in [9.17, 15) is 4.79 Å². The number of likely N-dealkylation sites (tertiary alicyclic amines) is 1. The number of rotatable bonds is 1. The van der Waals surface area contributed by atoms with E-state index in [1.54, 1.807) is 6.92 Å². The highest BCUT2D eigenvalue weighted by Gasteiger charge is 2.27. The van der Waals surface area contributed by atoms with Crippen LogP contribution in [0.3, 0.4) is 0 Å². The molecule has 0 aromatic rings. The van der Waals surface area contributed by atoms with Crippen LogP contribution in [-0.4, -0.2) is 36.5 Å². The van der Waals surface area contributed by atoms with Crippen molar-refractivity contribution in [2.75, 3.05) is 19.6 Å². The third-order valence-corrected chi connectivity index (χ3v) is 3.90. The van der Waals surface area contributed by atoms with Gasteiger partial charge in [0.2, 0.25) is 5.91 Å². The molecule has 2 aliphatic heterocycles. The molecule has 0 aromatic heterocycles. The minimum atomic E-state index is 0.241. The van der Waals surface area contributed by atoms with Crippen LogP contribution >= 0.6 is 0 Å². The van der Waals surface area contributed by atoms with Gasteiger partial charge in [-0.1, -0.05) is 6.42 Å². The van der Waals surface area contributed by atoms with Gasteiger partial charge in [-0.3, -0.25) is 4.79 Å². The van der Waals surface area contributed by atoms with Crippen molar-refractivity contribution in [1.29, 1.82) is 0 Å². The minimum absolute atomic E-state index is 0.241. The van der Waals surface area contributed by atoms with Gasteiger partial charge in [0, 0.05) is 26.1 Å². The van der Waals surface area contributed by atoms with Gasteiger partial charge < -0.3 is 10.2 Å². The zero-order valence-electron chi connectivity index (χ0n) is 9.67. The van der Waals surface area contributed by atoms with Gasteiger partial charge in [-0.15, -0.1) is 0 Å². The number of hydrogen-bond acceptors (Lipinski definition) is 2. The average molecular weight is 210 g/mol. The van der Waals surface area contributed by atoms with Gasteiger partial charge in [0.1, 0.15) is 0 Å². The second kappa shape index (κ2) is 4.97. The standard InChI is InChI=1S/C12H22N2O/c1-10(15)14-8-5-11(6-9-14)12-4-2-3-7-13-12/h11-13H,2-9H2,1H3/t12-/m1/s1. The summed E-state index contributed by atoms with van der Waals surface area (Å²) in [6, 6.07) is 0.729. The molecule has 2 heterocycles. The monoisotopic (exact) mass is 210 g/mol. The van der Waals surface area contributed by atoms with Crippen LogP contribution in [0.1, 0.15) is 39.0 Å². The molecule has 0 spiro atoms. The van der Waals surface area contributed by atoms with Gasteiger partial charge in [0.15, 0.2) is 0 Å². The van der Waals surface area contributed by atoms with E-state index < -0.39 is 0 Å². The molecule has 0 bridgehead atoms. The number of amides is 1. The fourth-order valence-electron chi connectivity index (χ4n) is 2.90. The molecule has 1 amide bonds. The molecule has 2 fully saturated rings. The largest absolute Gasteiger partial charge is 0.343 e. The lowest BCUT2D eigenvalue weighted by Gasteiger charge is -2.37. The number of carbonyl (C=O) groups is 1. The molecule has 0 radical (unpaired) electrons. The highest BCUT2D eigenvalue weighted by Crippen LogP contribution is 2.25. The fourth-order valence-corrected chi connectivity index (χ4v) is 2.90. The molecule has 0 aliphatic carbocycles. The first-order valence-corrected chi connectivity index (χ1v) is 6.26. The molecule has 2 rings (SSSR count). The lowest BCUT2D eigenvalue weighted by Crippen LogP contribution is -2.46. The first-order chi connectivity index (χ1) is 7.27. The Balaban J connectivity index is 1.79. The molecule has 0 saturated carbocycles. The molecule has 15 heavy (non-hydrogen) atoms. The van der Waals surface area contributed by atoms with Crippen LogP contribution in [0, 0.1) is 5.92 Å². The normalized spacial score (nSPS) is 29.1. The number of hydrogen-bond donors (Lipinski definition) is 1. The fraction of sp³-hybridized carbons (Fsp3) is 0.917. The van der Waals surface area contributed by atoms with Crippen LogP contribution < -0.4 is 5.32 Å². The summed E-state index contributed by atoms with van der Waals surface area (Å²) in [5.74, 6) is 1.05. The first-order valence-electron chi connectivity index (χ1n) is 6.26. The van der Waals surface area contributed by atoms with E-state index in [0.717, 1.165) is 25.0 Å². The highest BCUT2D eigenvalue weighted by molar-refractivity contribution is 5.73. The lowest BCUT2D eigenvalue weighted by molar-refractivity contribution is -0.130. The first kappa shape index (κ1) is 10.9. The molecule has 3 heteroatoms. The summed E-state index contributed by atoms with van der Waals surface area (Å²) in [7, 11) is 0. The molecule has 0 unspecified atom stereocenters. The second-order valence-electron chi connectivity index (χ2n) is 4.90. The number of nitrogens with one attached hydrogen (secondary N) is 1. The Labute approximate surface area is 92.2 Å². The predicted octanol–water partition coefficient (Wildman–Crippen LogP) is 1.39. The summed E-state index contributed by atoms with van der Waals surface area (Å²) in [5, 5.41) is 3.63. The van der Waals surface area contributed by atoms with Gasteiger partial charge >= 0.3 is 0 Å². The van der Waals surface area contributed by atoms with Crippen LogP contribution in [0.25, 0.3) is 0 Å². The SMILES string of the molecule is CC(=O)N1CCC([C@H]2CCCCN2)CC1. The van der Waals surface area contributed by atoms with Gasteiger partial charge in [0.05, 0.1) is 0 Å². The summed E-state index contributed by atoms with van der Waals surface area (Å²) in [6.07, 6.45) is 6.44. The number of carbonyl (C=O) groups excluding carboxylic acids is 1. The molecule has 0 aromatic carbocycles. The molecule has 86 valence electrons. The van der Waals surface area contributed by atoms with E-state index in [4.69, 9.17) is 0 Å². The van der Waals surface area contributed by atoms with E-state index >= 15 is 0 Å². The Morgan fingerprint density at radius 2 is 1.93 bits per heavy atom. The maximum Gasteiger partial charge on any atom is 0.219 e. The van der Waals surface area contributed by atoms with Gasteiger partial charge in [-0.05, 0) is 38.1 Å². The Bertz CT molecular complexity index is 216. The molecular weight excluding hydrogens is 188 g/mol. The smallest absolute Gasteiger partial charge is 0.219 e. The van der Waals surface area contributed by atoms with Crippen LogP contribution in [0.5, 0.6) is 0 Å². The Kier molecular flexibility index (Phi) is 3.62. The van der Waals surface area contributed by atoms with Crippen molar-refractivity contribution >= 4 is 5.91 Å². The third-order valence-electron chi connectivity index (χ3n) is 3.90. The predicted molar refractivity (Wildman–Crippen MR) is 60.6 cm³/mol. The van der Waals surface area contributed by atoms with Crippen molar-refractivity contribution in [3.05, 3.63) is 0 Å². The maximum atomic E-state index is 11.2. The highest BCUT2D eigenvalue weighted by atomic mass is 16.2. The molecule has 3 nitrogen and oxygen atoms in total. The van der Waals surface area contributed by atoms with E-state index in [2.05, 4.69) is 5.32 Å². The zero-order chi connectivity index (χ0) is 10.7. The van der Waals surface area contributed by atoms with Gasteiger partial charge in [-0.2, -0.15) is 0 Å². The topological polar surface area (TPSA) is 32.3 Å². The molecule has 1 atom stereocenters. The van der Waals surface area contributed by atoms with Crippen molar-refractivity contribution in [3.63, 3.8) is 0 Å². The van der Waals surface area contributed by atoms with Gasteiger partial charge in [0.25, 0.3) is 0 Å². The lowest BCUT2D eigenvalue weighted by atomic mass is 9.85. The van der Waals surface area contributed by atoms with E-state index in [0.29, 0.717) is 0 Å². The maximum absolute atomic E-state index is 11.2. The second-order valence-corrected chi connectivity index (χ2v) is 4.90. The quantitative estimate of drug-likeness (QED) is 0.709. The van der Waals surface area contributed by atoms with Crippen molar-refractivity contribution < 1.29 is 4.79 Å². The summed E-state index contributed by atoms with van der Waals surface area (Å²) >= 11 is 0. The van der Waals surface area contributed by atoms with E-state index in [1.807, 2.05) is 4.90 Å². The molecular formula is C12H22N2O. The molecule has 2 aliphatic rings. The van der Waals surface area contributed by atoms with Crippen LogP contribution in [0.15, 0.2) is 0 Å². The van der Waals surface area contributed by atoms with Crippen molar-refractivity contribution in [1.82, 2.24) is 10.2 Å². The summed E-state index contributed by atoms with van der Waals surface area (Å²) < 4.78 is 0. The summed E-state index contributed by atoms with van der Waals surface area (Å²) in [6.45, 7) is 4.81. The Morgan fingerprint density at radius 1 is 1.20 bits per heavy atom. The van der Waals surface area contributed by atoms with E-state index in [-0.39, 0.29) is 5.91 Å². The average Bonchev–Trinajstić information content (AvgIpc) is 2.30. The van der Waals surface area contributed by atoms with Gasteiger partial charge in [-0.25, -0.2) is 0 Å². The Morgan fingerprint density at radius 3 is 2.47 bits per heavy atom. The molecule has 1 N–H and O–H groups in total. The number of piperidine rings is 2. The minimum Gasteiger partial charge on any atom is -0.343 e. The molecule has 2 saturated heterocycles. The zero-order valence-corrected chi connectivity index (χ0v) is 9.67. The van der Waals surface area contributed by atoms with Crippen molar-refractivity contribution in [2.24, 2.45) is 5.92 Å².